The number of H-pyrrole nitrogens is 1. The standard InChI is InChI=1S/C22H25N5O2/c1-16(21(28)25-18-8-7-17-9-10-23-20(17)15-18)24-22(29)27-13-11-26(12-14-27)19-5-3-2-4-6-19/h2-10,15-16,23H,11-14H2,1H3,(H,24,29)(H,25,28)/t16-/m0/s1. The average Bonchev–Trinajstić information content (AvgIpc) is 3.22. The zero-order valence-electron chi connectivity index (χ0n) is 16.4. The molecule has 2 aromatic carbocycles. The number of carbonyl (C=O) groups excluding carboxylic acids is 2. The molecule has 1 saturated heterocycles. The highest BCUT2D eigenvalue weighted by atomic mass is 16.2. The Morgan fingerprint density at radius 3 is 2.52 bits per heavy atom. The zero-order chi connectivity index (χ0) is 20.2. The second-order valence-corrected chi connectivity index (χ2v) is 7.25. The van der Waals surface area contributed by atoms with Crippen LogP contribution in [-0.2, 0) is 4.79 Å². The van der Waals surface area contributed by atoms with Crippen LogP contribution in [0.3, 0.4) is 0 Å². The minimum atomic E-state index is -0.631. The maximum absolute atomic E-state index is 12.6. The molecule has 1 atom stereocenters. The quantitative estimate of drug-likeness (QED) is 0.640. The Morgan fingerprint density at radius 2 is 1.76 bits per heavy atom. The SMILES string of the molecule is C[C@H](NC(=O)N1CCN(c2ccccc2)CC1)C(=O)Nc1ccc2cc[nH]c2c1. The van der Waals surface area contributed by atoms with E-state index in [1.54, 1.807) is 11.8 Å². The van der Waals surface area contributed by atoms with Gasteiger partial charge < -0.3 is 25.4 Å². The Balaban J connectivity index is 1.28. The van der Waals surface area contributed by atoms with Crippen LogP contribution in [0.15, 0.2) is 60.8 Å². The fraction of sp³-hybridized carbons (Fsp3) is 0.273. The fourth-order valence-corrected chi connectivity index (χ4v) is 3.52. The molecule has 1 fully saturated rings. The van der Waals surface area contributed by atoms with Crippen molar-refractivity contribution < 1.29 is 9.59 Å². The van der Waals surface area contributed by atoms with E-state index >= 15 is 0 Å². The van der Waals surface area contributed by atoms with Crippen molar-refractivity contribution in [1.82, 2.24) is 15.2 Å². The summed E-state index contributed by atoms with van der Waals surface area (Å²) in [4.78, 5) is 32.2. The van der Waals surface area contributed by atoms with Gasteiger partial charge in [-0.05, 0) is 42.6 Å². The molecule has 1 aromatic heterocycles. The molecule has 1 aliphatic rings. The molecule has 29 heavy (non-hydrogen) atoms. The van der Waals surface area contributed by atoms with Gasteiger partial charge >= 0.3 is 6.03 Å². The van der Waals surface area contributed by atoms with Gasteiger partial charge in [-0.1, -0.05) is 24.3 Å². The molecule has 7 heteroatoms. The molecule has 1 aliphatic heterocycles. The van der Waals surface area contributed by atoms with Gasteiger partial charge in [0.05, 0.1) is 0 Å². The first-order chi connectivity index (χ1) is 14.1. The van der Waals surface area contributed by atoms with Crippen LogP contribution in [0.25, 0.3) is 10.9 Å². The number of para-hydroxylation sites is 1. The van der Waals surface area contributed by atoms with E-state index in [4.69, 9.17) is 0 Å². The van der Waals surface area contributed by atoms with E-state index in [0.717, 1.165) is 24.0 Å². The summed E-state index contributed by atoms with van der Waals surface area (Å²) < 4.78 is 0. The highest BCUT2D eigenvalue weighted by Crippen LogP contribution is 2.18. The van der Waals surface area contributed by atoms with Crippen molar-refractivity contribution in [3.05, 3.63) is 60.8 Å². The van der Waals surface area contributed by atoms with Crippen molar-refractivity contribution in [3.8, 4) is 0 Å². The van der Waals surface area contributed by atoms with Crippen molar-refractivity contribution in [2.24, 2.45) is 0 Å². The molecule has 0 unspecified atom stereocenters. The molecule has 150 valence electrons. The van der Waals surface area contributed by atoms with Crippen LogP contribution < -0.4 is 15.5 Å². The number of aromatic amines is 1. The van der Waals surface area contributed by atoms with Crippen LogP contribution in [-0.4, -0.2) is 54.0 Å². The van der Waals surface area contributed by atoms with E-state index in [9.17, 15) is 9.59 Å². The van der Waals surface area contributed by atoms with E-state index in [2.05, 4.69) is 32.7 Å². The maximum Gasteiger partial charge on any atom is 0.318 e. The summed E-state index contributed by atoms with van der Waals surface area (Å²) in [6.45, 7) is 4.49. The molecule has 0 radical (unpaired) electrons. The summed E-state index contributed by atoms with van der Waals surface area (Å²) in [7, 11) is 0. The molecule has 0 aliphatic carbocycles. The number of urea groups is 1. The molecule has 0 saturated carbocycles. The molecular weight excluding hydrogens is 366 g/mol. The topological polar surface area (TPSA) is 80.5 Å². The van der Waals surface area contributed by atoms with Crippen LogP contribution in [0, 0.1) is 0 Å². The summed E-state index contributed by atoms with van der Waals surface area (Å²) in [5.41, 5.74) is 2.82. The summed E-state index contributed by atoms with van der Waals surface area (Å²) in [5, 5.41) is 6.75. The van der Waals surface area contributed by atoms with Crippen molar-refractivity contribution in [3.63, 3.8) is 0 Å². The predicted octanol–water partition coefficient (Wildman–Crippen LogP) is 3.03. The third-order valence-electron chi connectivity index (χ3n) is 5.24. The van der Waals surface area contributed by atoms with Crippen LogP contribution in [0.1, 0.15) is 6.92 Å². The number of hydrogen-bond acceptors (Lipinski definition) is 3. The molecule has 4 rings (SSSR count). The largest absolute Gasteiger partial charge is 0.368 e. The number of anilines is 2. The minimum absolute atomic E-state index is 0.208. The Hall–Kier alpha value is -3.48. The second-order valence-electron chi connectivity index (χ2n) is 7.25. The summed E-state index contributed by atoms with van der Waals surface area (Å²) in [5.74, 6) is -0.243. The zero-order valence-corrected chi connectivity index (χ0v) is 16.4. The number of rotatable bonds is 4. The molecule has 2 heterocycles. The lowest BCUT2D eigenvalue weighted by Crippen LogP contribution is -2.54. The van der Waals surface area contributed by atoms with Gasteiger partial charge in [-0.2, -0.15) is 0 Å². The van der Waals surface area contributed by atoms with E-state index in [1.165, 1.54) is 5.69 Å². The number of nitrogens with zero attached hydrogens (tertiary/aromatic N) is 2. The van der Waals surface area contributed by atoms with Crippen LogP contribution >= 0.6 is 0 Å². The molecule has 7 nitrogen and oxygen atoms in total. The number of benzene rings is 2. The van der Waals surface area contributed by atoms with Gasteiger partial charge in [0.15, 0.2) is 0 Å². The van der Waals surface area contributed by atoms with Crippen LogP contribution in [0.4, 0.5) is 16.2 Å². The predicted molar refractivity (Wildman–Crippen MR) is 115 cm³/mol. The highest BCUT2D eigenvalue weighted by molar-refractivity contribution is 5.98. The average molecular weight is 391 g/mol. The van der Waals surface area contributed by atoms with Gasteiger partial charge in [-0.25, -0.2) is 4.79 Å². The first kappa shape index (κ1) is 18.9. The summed E-state index contributed by atoms with van der Waals surface area (Å²) in [6, 6.07) is 17.0. The lowest BCUT2D eigenvalue weighted by Gasteiger charge is -2.36. The van der Waals surface area contributed by atoms with E-state index < -0.39 is 6.04 Å². The molecule has 3 amide bonds. The monoisotopic (exact) mass is 391 g/mol. The van der Waals surface area contributed by atoms with Crippen LogP contribution in [0.5, 0.6) is 0 Å². The second kappa shape index (κ2) is 8.26. The number of amides is 3. The normalized spacial score (nSPS) is 15.2. The van der Waals surface area contributed by atoms with Gasteiger partial charge in [0, 0.05) is 49.3 Å². The van der Waals surface area contributed by atoms with Gasteiger partial charge in [-0.15, -0.1) is 0 Å². The van der Waals surface area contributed by atoms with Crippen LogP contribution in [0.2, 0.25) is 0 Å². The fourth-order valence-electron chi connectivity index (χ4n) is 3.52. The molecular formula is C22H25N5O2. The van der Waals surface area contributed by atoms with Gasteiger partial charge in [0.25, 0.3) is 0 Å². The number of carbonyl (C=O) groups is 2. The number of nitrogens with one attached hydrogen (secondary N) is 3. The first-order valence-corrected chi connectivity index (χ1v) is 9.83. The Morgan fingerprint density at radius 1 is 1.00 bits per heavy atom. The number of aromatic nitrogens is 1. The van der Waals surface area contributed by atoms with Crippen molar-refractivity contribution in [1.29, 1.82) is 0 Å². The van der Waals surface area contributed by atoms with E-state index in [0.29, 0.717) is 18.8 Å². The number of fused-ring (bicyclic) bond motifs is 1. The number of hydrogen-bond donors (Lipinski definition) is 3. The Bertz CT molecular complexity index is 993. The molecule has 3 aromatic rings. The Kier molecular flexibility index (Phi) is 5.37. The van der Waals surface area contributed by atoms with Gasteiger partial charge in [0.1, 0.15) is 6.04 Å². The minimum Gasteiger partial charge on any atom is -0.368 e. The van der Waals surface area contributed by atoms with Crippen molar-refractivity contribution in [2.45, 2.75) is 13.0 Å². The Labute approximate surface area is 169 Å². The smallest absolute Gasteiger partial charge is 0.318 e. The number of piperazine rings is 1. The van der Waals surface area contributed by atoms with Crippen molar-refractivity contribution >= 4 is 34.2 Å². The lowest BCUT2D eigenvalue weighted by molar-refractivity contribution is -0.117. The third kappa shape index (κ3) is 4.34. The van der Waals surface area contributed by atoms with E-state index in [1.807, 2.05) is 48.7 Å². The maximum atomic E-state index is 12.6. The van der Waals surface area contributed by atoms with Gasteiger partial charge in [-0.3, -0.25) is 4.79 Å². The third-order valence-corrected chi connectivity index (χ3v) is 5.24. The molecule has 3 N–H and O–H groups in total. The lowest BCUT2D eigenvalue weighted by atomic mass is 10.2. The van der Waals surface area contributed by atoms with E-state index in [-0.39, 0.29) is 11.9 Å². The van der Waals surface area contributed by atoms with Crippen molar-refractivity contribution in [2.75, 3.05) is 36.4 Å². The molecule has 0 bridgehead atoms. The van der Waals surface area contributed by atoms with Gasteiger partial charge in [0.2, 0.25) is 5.91 Å². The molecule has 0 spiro atoms. The first-order valence-electron chi connectivity index (χ1n) is 9.83. The summed E-state index contributed by atoms with van der Waals surface area (Å²) >= 11 is 0. The summed E-state index contributed by atoms with van der Waals surface area (Å²) in [6.07, 6.45) is 1.86. The highest BCUT2D eigenvalue weighted by Gasteiger charge is 2.24.